The minimum Gasteiger partial charge on any atom is -0.327 e. The van der Waals surface area contributed by atoms with E-state index in [1.165, 1.54) is 28.8 Å². The van der Waals surface area contributed by atoms with Gasteiger partial charge < -0.3 is 5.73 Å². The topological polar surface area (TPSA) is 26.0 Å². The van der Waals surface area contributed by atoms with Crippen molar-refractivity contribution in [3.05, 3.63) is 70.5 Å². The fourth-order valence-electron chi connectivity index (χ4n) is 2.61. The molecule has 0 amide bonds. The number of halogens is 1. The molecule has 0 aliphatic carbocycles. The lowest BCUT2D eigenvalue weighted by Crippen LogP contribution is -2.42. The van der Waals surface area contributed by atoms with E-state index in [-0.39, 0.29) is 17.3 Å². The molecule has 0 aliphatic heterocycles. The number of benzene rings is 2. The van der Waals surface area contributed by atoms with Crippen LogP contribution in [0.3, 0.4) is 0 Å². The van der Waals surface area contributed by atoms with Gasteiger partial charge in [-0.1, -0.05) is 49.7 Å². The molecule has 2 heteroatoms. The minimum absolute atomic E-state index is 0.0246. The molecule has 2 aromatic carbocycles. The van der Waals surface area contributed by atoms with Crippen molar-refractivity contribution in [2.24, 2.45) is 5.73 Å². The van der Waals surface area contributed by atoms with Gasteiger partial charge in [-0.15, -0.1) is 0 Å². The van der Waals surface area contributed by atoms with Crippen LogP contribution in [0.2, 0.25) is 0 Å². The van der Waals surface area contributed by atoms with Crippen LogP contribution >= 0.6 is 0 Å². The molecule has 0 spiro atoms. The largest absolute Gasteiger partial charge is 0.327 e. The summed E-state index contributed by atoms with van der Waals surface area (Å²) in [5.41, 5.74) is 11.2. The van der Waals surface area contributed by atoms with E-state index in [0.717, 1.165) is 12.0 Å². The van der Waals surface area contributed by atoms with E-state index in [2.05, 4.69) is 45.9 Å². The quantitative estimate of drug-likeness (QED) is 0.891. The van der Waals surface area contributed by atoms with Crippen LogP contribution in [0.4, 0.5) is 4.39 Å². The molecule has 21 heavy (non-hydrogen) atoms. The lowest BCUT2D eigenvalue weighted by molar-refractivity contribution is 0.405. The molecule has 0 aliphatic rings. The first-order valence-corrected chi connectivity index (χ1v) is 7.38. The predicted octanol–water partition coefficient (Wildman–Crippen LogP) is 4.29. The number of hydrogen-bond acceptors (Lipinski definition) is 1. The van der Waals surface area contributed by atoms with Gasteiger partial charge in [0.25, 0.3) is 0 Å². The van der Waals surface area contributed by atoms with Crippen molar-refractivity contribution >= 4 is 0 Å². The molecule has 1 unspecified atom stereocenters. The van der Waals surface area contributed by atoms with Crippen LogP contribution in [-0.2, 0) is 11.8 Å². The molecule has 0 fully saturated rings. The smallest absolute Gasteiger partial charge is 0.123 e. The van der Waals surface area contributed by atoms with Gasteiger partial charge in [-0.25, -0.2) is 4.39 Å². The molecule has 1 atom stereocenters. The third kappa shape index (κ3) is 3.51. The van der Waals surface area contributed by atoms with Gasteiger partial charge >= 0.3 is 0 Å². The van der Waals surface area contributed by atoms with Crippen molar-refractivity contribution in [1.82, 2.24) is 0 Å². The summed E-state index contributed by atoms with van der Waals surface area (Å²) < 4.78 is 13.1. The van der Waals surface area contributed by atoms with Gasteiger partial charge in [0.05, 0.1) is 0 Å². The molecule has 0 bridgehead atoms. The molecule has 2 rings (SSSR count). The summed E-state index contributed by atoms with van der Waals surface area (Å²) in [6.45, 7) is 8.46. The monoisotopic (exact) mass is 285 g/mol. The van der Waals surface area contributed by atoms with Gasteiger partial charge in [0.2, 0.25) is 0 Å². The van der Waals surface area contributed by atoms with Crippen LogP contribution in [0, 0.1) is 19.7 Å². The van der Waals surface area contributed by atoms with Crippen LogP contribution in [0.1, 0.15) is 36.1 Å². The van der Waals surface area contributed by atoms with Crippen LogP contribution < -0.4 is 5.73 Å². The Morgan fingerprint density at radius 1 is 1.05 bits per heavy atom. The molecule has 0 aromatic heterocycles. The molecular weight excluding hydrogens is 261 g/mol. The first-order chi connectivity index (χ1) is 9.80. The Labute approximate surface area is 127 Å². The average molecular weight is 285 g/mol. The maximum Gasteiger partial charge on any atom is 0.123 e. The van der Waals surface area contributed by atoms with E-state index in [9.17, 15) is 4.39 Å². The molecular formula is C19H24FN. The summed E-state index contributed by atoms with van der Waals surface area (Å²) in [6, 6.07) is 13.1. The second kappa shape index (κ2) is 5.98. The predicted molar refractivity (Wildman–Crippen MR) is 87.0 cm³/mol. The van der Waals surface area contributed by atoms with E-state index in [0.29, 0.717) is 0 Å². The first kappa shape index (κ1) is 15.7. The molecule has 2 aromatic rings. The third-order valence-corrected chi connectivity index (χ3v) is 4.46. The normalized spacial score (nSPS) is 13.2. The highest BCUT2D eigenvalue weighted by molar-refractivity contribution is 5.33. The standard InChI is InChI=1S/C19H24FN/c1-13-5-6-14(2)15(11-13)12-18(21)19(3,4)16-7-9-17(20)10-8-16/h5-11,18H,12,21H2,1-4H3. The summed E-state index contributed by atoms with van der Waals surface area (Å²) in [5.74, 6) is -0.211. The van der Waals surface area contributed by atoms with Gasteiger partial charge in [0.15, 0.2) is 0 Å². The Kier molecular flexibility index (Phi) is 4.48. The Morgan fingerprint density at radius 2 is 1.67 bits per heavy atom. The summed E-state index contributed by atoms with van der Waals surface area (Å²) in [5, 5.41) is 0. The van der Waals surface area contributed by atoms with Gasteiger partial charge in [0, 0.05) is 11.5 Å². The molecule has 0 heterocycles. The zero-order valence-corrected chi connectivity index (χ0v) is 13.3. The van der Waals surface area contributed by atoms with E-state index in [1.807, 2.05) is 12.1 Å². The molecule has 1 nitrogen and oxygen atoms in total. The Bertz CT molecular complexity index is 614. The van der Waals surface area contributed by atoms with Crippen LogP contribution in [0.5, 0.6) is 0 Å². The van der Waals surface area contributed by atoms with Crippen molar-refractivity contribution in [1.29, 1.82) is 0 Å². The maximum atomic E-state index is 13.1. The summed E-state index contributed by atoms with van der Waals surface area (Å²) >= 11 is 0. The molecule has 112 valence electrons. The molecule has 0 radical (unpaired) electrons. The van der Waals surface area contributed by atoms with Gasteiger partial charge in [-0.3, -0.25) is 0 Å². The Morgan fingerprint density at radius 3 is 2.29 bits per heavy atom. The van der Waals surface area contributed by atoms with Gasteiger partial charge in [-0.05, 0) is 49.1 Å². The van der Waals surface area contributed by atoms with Gasteiger partial charge in [0.1, 0.15) is 5.82 Å². The molecule has 0 saturated carbocycles. The van der Waals surface area contributed by atoms with Crippen LogP contribution in [-0.4, -0.2) is 6.04 Å². The van der Waals surface area contributed by atoms with Crippen molar-refractivity contribution in [3.63, 3.8) is 0 Å². The molecule has 0 saturated heterocycles. The van der Waals surface area contributed by atoms with Crippen LogP contribution in [0.25, 0.3) is 0 Å². The fraction of sp³-hybridized carbons (Fsp3) is 0.368. The Hall–Kier alpha value is -1.67. The van der Waals surface area contributed by atoms with E-state index in [4.69, 9.17) is 5.73 Å². The SMILES string of the molecule is Cc1ccc(C)c(CC(N)C(C)(C)c2ccc(F)cc2)c1. The highest BCUT2D eigenvalue weighted by Crippen LogP contribution is 2.29. The number of hydrogen-bond donors (Lipinski definition) is 1. The first-order valence-electron chi connectivity index (χ1n) is 7.38. The van der Waals surface area contributed by atoms with Crippen molar-refractivity contribution in [2.75, 3.05) is 0 Å². The lowest BCUT2D eigenvalue weighted by atomic mass is 9.75. The van der Waals surface area contributed by atoms with E-state index < -0.39 is 0 Å². The maximum absolute atomic E-state index is 13.1. The summed E-state index contributed by atoms with van der Waals surface area (Å²) in [6.07, 6.45) is 0.817. The van der Waals surface area contributed by atoms with Crippen molar-refractivity contribution in [3.8, 4) is 0 Å². The van der Waals surface area contributed by atoms with Crippen molar-refractivity contribution < 1.29 is 4.39 Å². The lowest BCUT2D eigenvalue weighted by Gasteiger charge is -2.33. The second-order valence-electron chi connectivity index (χ2n) is 6.47. The third-order valence-electron chi connectivity index (χ3n) is 4.46. The second-order valence-corrected chi connectivity index (χ2v) is 6.47. The van der Waals surface area contributed by atoms with Crippen LogP contribution in [0.15, 0.2) is 42.5 Å². The van der Waals surface area contributed by atoms with Gasteiger partial charge in [-0.2, -0.15) is 0 Å². The number of aryl methyl sites for hydroxylation is 2. The van der Waals surface area contributed by atoms with E-state index >= 15 is 0 Å². The number of nitrogens with two attached hydrogens (primary N) is 1. The zero-order valence-electron chi connectivity index (χ0n) is 13.3. The highest BCUT2D eigenvalue weighted by atomic mass is 19.1. The summed E-state index contributed by atoms with van der Waals surface area (Å²) in [4.78, 5) is 0. The van der Waals surface area contributed by atoms with Crippen molar-refractivity contribution in [2.45, 2.75) is 45.6 Å². The average Bonchev–Trinajstić information content (AvgIpc) is 2.43. The minimum atomic E-state index is -0.211. The highest BCUT2D eigenvalue weighted by Gasteiger charge is 2.28. The number of rotatable bonds is 4. The van der Waals surface area contributed by atoms with E-state index in [1.54, 1.807) is 0 Å². The fourth-order valence-corrected chi connectivity index (χ4v) is 2.61. The Balaban J connectivity index is 2.23. The zero-order chi connectivity index (χ0) is 15.6. The molecule has 2 N–H and O–H groups in total. The summed E-state index contributed by atoms with van der Waals surface area (Å²) in [7, 11) is 0.